The SMILES string of the molecule is CC.CNC(C)(C)CCOC(C)C. The van der Waals surface area contributed by atoms with Crippen molar-refractivity contribution in [2.75, 3.05) is 13.7 Å². The molecule has 0 rings (SSSR count). The Kier molecular flexibility index (Phi) is 10.1. The van der Waals surface area contributed by atoms with Crippen molar-refractivity contribution < 1.29 is 4.74 Å². The molecular formula is C11H27NO. The average molecular weight is 189 g/mol. The maximum absolute atomic E-state index is 5.44. The molecule has 0 aromatic rings. The zero-order chi connectivity index (χ0) is 10.9. The standard InChI is InChI=1S/C9H21NO.C2H6/c1-8(2)11-7-6-9(3,4)10-5;1-2/h8,10H,6-7H2,1-5H3;1-2H3. The van der Waals surface area contributed by atoms with Crippen LogP contribution in [0.15, 0.2) is 0 Å². The van der Waals surface area contributed by atoms with E-state index < -0.39 is 0 Å². The van der Waals surface area contributed by atoms with E-state index in [9.17, 15) is 0 Å². The number of hydrogen-bond donors (Lipinski definition) is 1. The second-order valence-corrected chi connectivity index (χ2v) is 3.80. The molecule has 0 aliphatic heterocycles. The van der Waals surface area contributed by atoms with Crippen molar-refractivity contribution in [3.8, 4) is 0 Å². The minimum atomic E-state index is 0.203. The van der Waals surface area contributed by atoms with Crippen molar-refractivity contribution in [2.45, 2.75) is 59.6 Å². The maximum Gasteiger partial charge on any atom is 0.0518 e. The summed E-state index contributed by atoms with van der Waals surface area (Å²) < 4.78 is 5.44. The summed E-state index contributed by atoms with van der Waals surface area (Å²) in [5.41, 5.74) is 0.203. The molecule has 0 heterocycles. The van der Waals surface area contributed by atoms with E-state index in [1.54, 1.807) is 0 Å². The van der Waals surface area contributed by atoms with Crippen LogP contribution in [0.25, 0.3) is 0 Å². The van der Waals surface area contributed by atoms with Crippen LogP contribution in [0.4, 0.5) is 0 Å². The second-order valence-electron chi connectivity index (χ2n) is 3.80. The summed E-state index contributed by atoms with van der Waals surface area (Å²) in [6.45, 7) is 13.3. The third-order valence-electron chi connectivity index (χ3n) is 1.86. The first-order valence-corrected chi connectivity index (χ1v) is 5.28. The molecule has 0 saturated heterocycles. The first kappa shape index (κ1) is 15.4. The molecule has 2 heteroatoms. The van der Waals surface area contributed by atoms with E-state index in [-0.39, 0.29) is 5.54 Å². The lowest BCUT2D eigenvalue weighted by molar-refractivity contribution is 0.0649. The highest BCUT2D eigenvalue weighted by atomic mass is 16.5. The fourth-order valence-corrected chi connectivity index (χ4v) is 0.675. The average Bonchev–Trinajstić information content (AvgIpc) is 2.07. The highest BCUT2D eigenvalue weighted by molar-refractivity contribution is 4.74. The minimum absolute atomic E-state index is 0.203. The van der Waals surface area contributed by atoms with Crippen molar-refractivity contribution in [3.63, 3.8) is 0 Å². The summed E-state index contributed by atoms with van der Waals surface area (Å²) >= 11 is 0. The van der Waals surface area contributed by atoms with Crippen LogP contribution in [0.1, 0.15) is 48.0 Å². The highest BCUT2D eigenvalue weighted by Crippen LogP contribution is 2.07. The predicted octanol–water partition coefficient (Wildman–Crippen LogP) is 2.83. The van der Waals surface area contributed by atoms with Crippen molar-refractivity contribution in [3.05, 3.63) is 0 Å². The summed E-state index contributed by atoms with van der Waals surface area (Å²) in [5, 5.41) is 3.24. The van der Waals surface area contributed by atoms with Crippen LogP contribution < -0.4 is 5.32 Å². The Balaban J connectivity index is 0. The largest absolute Gasteiger partial charge is 0.379 e. The van der Waals surface area contributed by atoms with Gasteiger partial charge in [-0.25, -0.2) is 0 Å². The lowest BCUT2D eigenvalue weighted by Gasteiger charge is -2.24. The zero-order valence-electron chi connectivity index (χ0n) is 10.4. The van der Waals surface area contributed by atoms with Crippen LogP contribution in [0.5, 0.6) is 0 Å². The van der Waals surface area contributed by atoms with E-state index >= 15 is 0 Å². The van der Waals surface area contributed by atoms with Crippen LogP contribution >= 0.6 is 0 Å². The summed E-state index contributed by atoms with van der Waals surface area (Å²) in [4.78, 5) is 0. The van der Waals surface area contributed by atoms with E-state index in [4.69, 9.17) is 4.74 Å². The molecule has 0 aliphatic carbocycles. The predicted molar refractivity (Wildman–Crippen MR) is 60.2 cm³/mol. The summed E-state index contributed by atoms with van der Waals surface area (Å²) in [6.07, 6.45) is 1.41. The summed E-state index contributed by atoms with van der Waals surface area (Å²) in [5.74, 6) is 0. The Hall–Kier alpha value is -0.0800. The first-order chi connectivity index (χ1) is 5.98. The third kappa shape index (κ3) is 11.9. The van der Waals surface area contributed by atoms with E-state index in [0.29, 0.717) is 6.10 Å². The van der Waals surface area contributed by atoms with Gasteiger partial charge in [-0.1, -0.05) is 13.8 Å². The molecule has 0 aromatic carbocycles. The molecule has 13 heavy (non-hydrogen) atoms. The fraction of sp³-hybridized carbons (Fsp3) is 1.00. The first-order valence-electron chi connectivity index (χ1n) is 5.28. The molecule has 0 spiro atoms. The van der Waals surface area contributed by atoms with Gasteiger partial charge >= 0.3 is 0 Å². The van der Waals surface area contributed by atoms with E-state index in [2.05, 4.69) is 33.0 Å². The van der Waals surface area contributed by atoms with Gasteiger partial charge in [0.1, 0.15) is 0 Å². The van der Waals surface area contributed by atoms with E-state index in [1.165, 1.54) is 0 Å². The molecule has 0 bridgehead atoms. The Labute approximate surface area is 84.1 Å². The van der Waals surface area contributed by atoms with Crippen molar-refractivity contribution in [2.24, 2.45) is 0 Å². The second kappa shape index (κ2) is 8.52. The lowest BCUT2D eigenvalue weighted by Crippen LogP contribution is -2.37. The molecular weight excluding hydrogens is 162 g/mol. The topological polar surface area (TPSA) is 21.3 Å². The highest BCUT2D eigenvalue weighted by Gasteiger charge is 2.13. The van der Waals surface area contributed by atoms with Crippen LogP contribution in [-0.4, -0.2) is 25.3 Å². The van der Waals surface area contributed by atoms with Gasteiger partial charge < -0.3 is 10.1 Å². The number of ether oxygens (including phenoxy) is 1. The molecule has 0 atom stereocenters. The van der Waals surface area contributed by atoms with E-state index in [1.807, 2.05) is 20.9 Å². The van der Waals surface area contributed by atoms with Gasteiger partial charge in [0.2, 0.25) is 0 Å². The summed E-state index contributed by atoms with van der Waals surface area (Å²) in [6, 6.07) is 0. The normalized spacial score (nSPS) is 11.1. The summed E-state index contributed by atoms with van der Waals surface area (Å²) in [7, 11) is 1.98. The van der Waals surface area contributed by atoms with Crippen LogP contribution in [0, 0.1) is 0 Å². The molecule has 0 aliphatic rings. The Bertz CT molecular complexity index is 100. The molecule has 2 nitrogen and oxygen atoms in total. The molecule has 0 unspecified atom stereocenters. The molecule has 0 radical (unpaired) electrons. The third-order valence-corrected chi connectivity index (χ3v) is 1.86. The lowest BCUT2D eigenvalue weighted by atomic mass is 10.0. The van der Waals surface area contributed by atoms with Gasteiger partial charge in [0.25, 0.3) is 0 Å². The van der Waals surface area contributed by atoms with Gasteiger partial charge in [0.05, 0.1) is 6.10 Å². The molecule has 0 aromatic heterocycles. The van der Waals surface area contributed by atoms with Crippen LogP contribution in [0.3, 0.4) is 0 Å². The fourth-order valence-electron chi connectivity index (χ4n) is 0.675. The van der Waals surface area contributed by atoms with Gasteiger partial charge in [0, 0.05) is 12.1 Å². The van der Waals surface area contributed by atoms with Crippen molar-refractivity contribution in [1.82, 2.24) is 5.32 Å². The van der Waals surface area contributed by atoms with Crippen molar-refractivity contribution in [1.29, 1.82) is 0 Å². The Morgan fingerprint density at radius 2 is 1.69 bits per heavy atom. The van der Waals surface area contributed by atoms with Crippen LogP contribution in [0.2, 0.25) is 0 Å². The van der Waals surface area contributed by atoms with Gasteiger partial charge in [-0.15, -0.1) is 0 Å². The van der Waals surface area contributed by atoms with Crippen LogP contribution in [-0.2, 0) is 4.74 Å². The molecule has 1 N–H and O–H groups in total. The van der Waals surface area contributed by atoms with Gasteiger partial charge in [0.15, 0.2) is 0 Å². The quantitative estimate of drug-likeness (QED) is 0.718. The Morgan fingerprint density at radius 1 is 1.23 bits per heavy atom. The number of nitrogens with one attached hydrogen (secondary N) is 1. The molecule has 0 fully saturated rings. The van der Waals surface area contributed by atoms with Gasteiger partial charge in [-0.05, 0) is 41.2 Å². The monoisotopic (exact) mass is 189 g/mol. The van der Waals surface area contributed by atoms with Gasteiger partial charge in [-0.3, -0.25) is 0 Å². The number of rotatable bonds is 5. The molecule has 0 amide bonds. The Morgan fingerprint density at radius 3 is 2.00 bits per heavy atom. The minimum Gasteiger partial charge on any atom is -0.379 e. The smallest absolute Gasteiger partial charge is 0.0518 e. The van der Waals surface area contributed by atoms with E-state index in [0.717, 1.165) is 13.0 Å². The number of hydrogen-bond acceptors (Lipinski definition) is 2. The molecule has 0 saturated carbocycles. The zero-order valence-corrected chi connectivity index (χ0v) is 10.4. The van der Waals surface area contributed by atoms with Gasteiger partial charge in [-0.2, -0.15) is 0 Å². The molecule has 82 valence electrons. The maximum atomic E-state index is 5.44. The van der Waals surface area contributed by atoms with Crippen molar-refractivity contribution >= 4 is 0 Å².